The lowest BCUT2D eigenvalue weighted by molar-refractivity contribution is -0.167. The van der Waals surface area contributed by atoms with E-state index in [0.717, 1.165) is 0 Å². The van der Waals surface area contributed by atoms with E-state index in [4.69, 9.17) is 4.42 Å². The predicted octanol–water partition coefficient (Wildman–Crippen LogP) is 1.61. The van der Waals surface area contributed by atoms with Crippen molar-refractivity contribution in [1.82, 2.24) is 0 Å². The zero-order chi connectivity index (χ0) is 9.84. The van der Waals surface area contributed by atoms with Gasteiger partial charge < -0.3 is 9.15 Å². The molecule has 0 amide bonds. The maximum atomic E-state index is 11.1. The van der Waals surface area contributed by atoms with E-state index < -0.39 is 12.3 Å². The van der Waals surface area contributed by atoms with Crippen molar-refractivity contribution in [2.75, 3.05) is 0 Å². The van der Waals surface area contributed by atoms with Gasteiger partial charge in [0, 0.05) is 6.92 Å². The molecule has 13 heavy (non-hydrogen) atoms. The zero-order valence-electron chi connectivity index (χ0n) is 7.15. The van der Waals surface area contributed by atoms with Gasteiger partial charge in [0.1, 0.15) is 5.76 Å². The summed E-state index contributed by atoms with van der Waals surface area (Å²) in [7, 11) is 0. The lowest BCUT2D eigenvalue weighted by atomic mass is 10.2. The van der Waals surface area contributed by atoms with Crippen molar-refractivity contribution in [2.45, 2.75) is 13.2 Å². The molecule has 0 N–H and O–H groups in total. The van der Waals surface area contributed by atoms with Gasteiger partial charge in [-0.3, -0.25) is 0 Å². The molecule has 1 aromatic rings. The van der Waals surface area contributed by atoms with Crippen molar-refractivity contribution >= 4 is 11.5 Å². The highest BCUT2D eigenvalue weighted by molar-refractivity contribution is 6.14. The fourth-order valence-corrected chi connectivity index (χ4v) is 0.773. The van der Waals surface area contributed by atoms with E-state index in [2.05, 4.69) is 11.3 Å². The molecular weight excluding hydrogens is 172 g/mol. The number of hydrogen-bond donors (Lipinski definition) is 0. The van der Waals surface area contributed by atoms with Crippen LogP contribution in [0.25, 0.3) is 5.57 Å². The molecule has 4 heteroatoms. The van der Waals surface area contributed by atoms with Crippen LogP contribution < -0.4 is 0 Å². The van der Waals surface area contributed by atoms with Crippen LogP contribution >= 0.6 is 0 Å². The normalized spacial score (nSPS) is 12.2. The fourth-order valence-electron chi connectivity index (χ4n) is 0.773. The molecule has 1 radical (unpaired) electrons. The fraction of sp³-hybridized carbons (Fsp3) is 0.222. The van der Waals surface area contributed by atoms with E-state index in [1.165, 1.54) is 13.2 Å². The Labute approximate surface area is 75.4 Å². The number of carbonyl (C=O) groups excluding carboxylic acids is 1. The van der Waals surface area contributed by atoms with Crippen LogP contribution in [-0.2, 0) is 14.6 Å². The van der Waals surface area contributed by atoms with E-state index in [1.807, 2.05) is 0 Å². The Morgan fingerprint density at radius 2 is 2.38 bits per heavy atom. The summed E-state index contributed by atoms with van der Waals surface area (Å²) in [4.78, 5) is 11.1. The number of furan rings is 1. The molecule has 0 bridgehead atoms. The minimum atomic E-state index is -1.39. The number of rotatable bonds is 3. The first-order chi connectivity index (χ1) is 6.11. The van der Waals surface area contributed by atoms with Crippen LogP contribution in [0.4, 0.5) is 0 Å². The Bertz CT molecular complexity index is 297. The predicted molar refractivity (Wildman–Crippen MR) is 44.0 cm³/mol. The quantitative estimate of drug-likeness (QED) is 0.404. The van der Waals surface area contributed by atoms with E-state index in [9.17, 15) is 9.90 Å². The topological polar surface area (TPSA) is 59.3 Å². The van der Waals surface area contributed by atoms with Crippen LogP contribution in [0.15, 0.2) is 29.4 Å². The van der Waals surface area contributed by atoms with Gasteiger partial charge >= 0.3 is 5.97 Å². The summed E-state index contributed by atoms with van der Waals surface area (Å²) in [6.45, 7) is 4.67. The molecule has 0 saturated heterocycles. The molecular formula is C9H9O4. The van der Waals surface area contributed by atoms with Gasteiger partial charge in [0.05, 0.1) is 11.8 Å². The molecule has 0 aliphatic rings. The standard InChI is InChI=1S/C9H9O4/c1-6(8-4-3-5-12-8)9(11)13-7(2)10/h3-5,7H,1H2,2H3. The van der Waals surface area contributed by atoms with Crippen molar-refractivity contribution in [3.63, 3.8) is 0 Å². The summed E-state index contributed by atoms with van der Waals surface area (Å²) in [5.41, 5.74) is 0.0488. The van der Waals surface area contributed by atoms with E-state index in [-0.39, 0.29) is 5.57 Å². The summed E-state index contributed by atoms with van der Waals surface area (Å²) >= 11 is 0. The third kappa shape index (κ3) is 2.45. The van der Waals surface area contributed by atoms with Crippen molar-refractivity contribution in [3.8, 4) is 0 Å². The molecule has 1 heterocycles. The SMILES string of the molecule is C=C(C(=O)OC(C)[O])c1ccco1. The highest BCUT2D eigenvalue weighted by Crippen LogP contribution is 2.14. The molecule has 1 aromatic heterocycles. The summed E-state index contributed by atoms with van der Waals surface area (Å²) in [5, 5.41) is 10.5. The van der Waals surface area contributed by atoms with Crippen LogP contribution in [0.5, 0.6) is 0 Å². The smallest absolute Gasteiger partial charge is 0.343 e. The molecule has 0 fully saturated rings. The van der Waals surface area contributed by atoms with Gasteiger partial charge in [0.2, 0.25) is 6.29 Å². The van der Waals surface area contributed by atoms with E-state index in [0.29, 0.717) is 5.76 Å². The molecule has 1 unspecified atom stereocenters. The van der Waals surface area contributed by atoms with Crippen LogP contribution in [-0.4, -0.2) is 12.3 Å². The Morgan fingerprint density at radius 1 is 1.69 bits per heavy atom. The minimum absolute atomic E-state index is 0.0488. The summed E-state index contributed by atoms with van der Waals surface area (Å²) in [6.07, 6.45) is 0.0215. The Balaban J connectivity index is 2.64. The van der Waals surface area contributed by atoms with Gasteiger partial charge in [-0.15, -0.1) is 0 Å². The minimum Gasteiger partial charge on any atom is -0.464 e. The van der Waals surface area contributed by atoms with Crippen LogP contribution in [0, 0.1) is 0 Å². The Hall–Kier alpha value is -1.55. The Kier molecular flexibility index (Phi) is 2.87. The monoisotopic (exact) mass is 181 g/mol. The third-order valence-corrected chi connectivity index (χ3v) is 1.34. The first-order valence-electron chi connectivity index (χ1n) is 3.71. The van der Waals surface area contributed by atoms with Gasteiger partial charge in [-0.1, -0.05) is 6.58 Å². The molecule has 0 aliphatic carbocycles. The van der Waals surface area contributed by atoms with Gasteiger partial charge in [0.25, 0.3) is 0 Å². The second-order valence-electron chi connectivity index (χ2n) is 2.43. The average Bonchev–Trinajstić information content (AvgIpc) is 2.53. The van der Waals surface area contributed by atoms with Crippen LogP contribution in [0.3, 0.4) is 0 Å². The highest BCUT2D eigenvalue weighted by Gasteiger charge is 2.15. The average molecular weight is 181 g/mol. The van der Waals surface area contributed by atoms with E-state index in [1.54, 1.807) is 12.1 Å². The number of esters is 1. The maximum Gasteiger partial charge on any atom is 0.343 e. The summed E-state index contributed by atoms with van der Waals surface area (Å²) in [5.74, 6) is -0.442. The number of carbonyl (C=O) groups is 1. The first-order valence-corrected chi connectivity index (χ1v) is 3.71. The highest BCUT2D eigenvalue weighted by atomic mass is 16.6. The maximum absolute atomic E-state index is 11.1. The second kappa shape index (κ2) is 3.91. The van der Waals surface area contributed by atoms with Gasteiger partial charge in [-0.25, -0.2) is 4.79 Å². The lowest BCUT2D eigenvalue weighted by Crippen LogP contribution is -2.13. The van der Waals surface area contributed by atoms with Crippen LogP contribution in [0.2, 0.25) is 0 Å². The largest absolute Gasteiger partial charge is 0.464 e. The molecule has 0 aromatic carbocycles. The Morgan fingerprint density at radius 3 is 2.85 bits per heavy atom. The molecule has 1 atom stereocenters. The van der Waals surface area contributed by atoms with Gasteiger partial charge in [-0.2, -0.15) is 5.11 Å². The molecule has 0 aliphatic heterocycles. The zero-order valence-corrected chi connectivity index (χ0v) is 7.15. The first kappa shape index (κ1) is 9.54. The van der Waals surface area contributed by atoms with Crippen LogP contribution in [0.1, 0.15) is 12.7 Å². The van der Waals surface area contributed by atoms with Crippen molar-refractivity contribution < 1.29 is 19.1 Å². The number of hydrogen-bond acceptors (Lipinski definition) is 3. The van der Waals surface area contributed by atoms with Crippen molar-refractivity contribution in [3.05, 3.63) is 30.7 Å². The number of ether oxygens (including phenoxy) is 1. The summed E-state index contributed by atoms with van der Waals surface area (Å²) in [6, 6.07) is 3.19. The molecule has 1 rings (SSSR count). The lowest BCUT2D eigenvalue weighted by Gasteiger charge is -2.04. The van der Waals surface area contributed by atoms with Crippen molar-refractivity contribution in [1.29, 1.82) is 0 Å². The summed E-state index contributed by atoms with van der Waals surface area (Å²) < 4.78 is 9.28. The van der Waals surface area contributed by atoms with Gasteiger partial charge in [-0.05, 0) is 12.1 Å². The molecule has 69 valence electrons. The molecule has 4 nitrogen and oxygen atoms in total. The molecule has 0 saturated carbocycles. The second-order valence-corrected chi connectivity index (χ2v) is 2.43. The van der Waals surface area contributed by atoms with Crippen molar-refractivity contribution in [2.24, 2.45) is 0 Å². The van der Waals surface area contributed by atoms with Gasteiger partial charge in [0.15, 0.2) is 0 Å². The molecule has 0 spiro atoms. The third-order valence-electron chi connectivity index (χ3n) is 1.34. The van der Waals surface area contributed by atoms with E-state index >= 15 is 0 Å².